The monoisotopic (exact) mass is 522 g/mol. The number of aliphatic hydroxyl groups excluding tert-OH is 1. The van der Waals surface area contributed by atoms with Gasteiger partial charge in [-0.2, -0.15) is 18.3 Å². The van der Waals surface area contributed by atoms with Crippen molar-refractivity contribution in [3.8, 4) is 11.5 Å². The number of aromatic nitrogens is 3. The van der Waals surface area contributed by atoms with E-state index in [1.807, 2.05) is 6.20 Å². The minimum absolute atomic E-state index is 0.00374. The molecule has 3 aromatic rings. The average molecular weight is 523 g/mol. The molecule has 0 aliphatic carbocycles. The van der Waals surface area contributed by atoms with Crippen LogP contribution in [0.5, 0.6) is 11.5 Å². The van der Waals surface area contributed by atoms with Gasteiger partial charge in [0.15, 0.2) is 17.4 Å². The molecule has 0 saturated carbocycles. The Balaban J connectivity index is 2.13. The van der Waals surface area contributed by atoms with Gasteiger partial charge in [0.2, 0.25) is 0 Å². The van der Waals surface area contributed by atoms with Crippen molar-refractivity contribution in [3.63, 3.8) is 0 Å². The molecule has 2 heterocycles. The first-order chi connectivity index (χ1) is 17.5. The van der Waals surface area contributed by atoms with Crippen LogP contribution in [-0.4, -0.2) is 58.9 Å². The van der Waals surface area contributed by atoms with E-state index in [0.717, 1.165) is 5.56 Å². The molecule has 0 saturated heterocycles. The predicted molar refractivity (Wildman–Crippen MR) is 130 cm³/mol. The van der Waals surface area contributed by atoms with Crippen LogP contribution < -0.4 is 15.0 Å². The molecule has 2 aromatic heterocycles. The fourth-order valence-electron chi connectivity index (χ4n) is 3.51. The van der Waals surface area contributed by atoms with Gasteiger partial charge in [-0.1, -0.05) is 0 Å². The Morgan fingerprint density at radius 2 is 1.95 bits per heavy atom. The number of rotatable bonds is 10. The fraction of sp³-hybridized carbons (Fsp3) is 0.333. The lowest BCUT2D eigenvalue weighted by Gasteiger charge is -2.18. The number of aliphatic hydroxyl groups is 1. The Bertz CT molecular complexity index is 1350. The molecule has 3 rings (SSSR count). The zero-order valence-electron chi connectivity index (χ0n) is 20.4. The number of benzene rings is 1. The van der Waals surface area contributed by atoms with Crippen molar-refractivity contribution < 1.29 is 32.1 Å². The van der Waals surface area contributed by atoms with E-state index in [1.165, 1.54) is 43.1 Å². The molecule has 0 aliphatic heterocycles. The van der Waals surface area contributed by atoms with Crippen molar-refractivity contribution in [2.24, 2.45) is 22.0 Å². The maximum Gasteiger partial charge on any atom is 0.391 e. The van der Waals surface area contributed by atoms with Crippen molar-refractivity contribution in [3.05, 3.63) is 53.5 Å². The number of aliphatic imine (C=N–C) groups is 2. The number of ether oxygens (including phenoxy) is 2. The SMILES string of the molecule is C=Nc1c(/N=C\Cc2cnn(C)c2)cc/c(=N\c2cc(OC)cc(OC)c2F)n1CC(O)CC(F)(F)F. The Morgan fingerprint density at radius 3 is 2.54 bits per heavy atom. The third-order valence-electron chi connectivity index (χ3n) is 5.16. The second kappa shape index (κ2) is 11.8. The summed E-state index contributed by atoms with van der Waals surface area (Å²) in [5, 5.41) is 14.3. The van der Waals surface area contributed by atoms with Crippen LogP contribution in [0.1, 0.15) is 12.0 Å². The van der Waals surface area contributed by atoms with E-state index in [4.69, 9.17) is 9.47 Å². The van der Waals surface area contributed by atoms with Crippen LogP contribution in [0.15, 0.2) is 51.6 Å². The summed E-state index contributed by atoms with van der Waals surface area (Å²) in [6.45, 7) is 2.95. The standard InChI is InChI=1S/C24H26F4N6O3/c1-29-23-18(30-8-7-15-12-31-33(2)13-15)5-6-21(34(23)14-16(35)11-24(26,27)28)32-19-9-17(36-3)10-20(37-4)22(19)25/h5-6,8-10,12-13,16,35H,1,7,11,14H2,2-4H3/b30-8-,32-21+. The van der Waals surface area contributed by atoms with Crippen molar-refractivity contribution in [1.82, 2.24) is 14.3 Å². The Kier molecular flexibility index (Phi) is 8.81. The third-order valence-corrected chi connectivity index (χ3v) is 5.16. The molecular weight excluding hydrogens is 496 g/mol. The average Bonchev–Trinajstić information content (AvgIpc) is 3.25. The molecule has 0 aliphatic rings. The number of aryl methyl sites for hydroxylation is 1. The highest BCUT2D eigenvalue weighted by molar-refractivity contribution is 5.71. The number of hydrogen-bond acceptors (Lipinski definition) is 7. The summed E-state index contributed by atoms with van der Waals surface area (Å²) in [5.74, 6) is -0.655. The van der Waals surface area contributed by atoms with Gasteiger partial charge in [0, 0.05) is 38.0 Å². The van der Waals surface area contributed by atoms with Gasteiger partial charge < -0.3 is 19.1 Å². The summed E-state index contributed by atoms with van der Waals surface area (Å²) in [6, 6.07) is 5.57. The molecule has 13 heteroatoms. The number of pyridine rings is 1. The lowest BCUT2D eigenvalue weighted by Crippen LogP contribution is -2.30. The third kappa shape index (κ3) is 7.26. The van der Waals surface area contributed by atoms with E-state index in [0.29, 0.717) is 6.42 Å². The van der Waals surface area contributed by atoms with Crippen molar-refractivity contribution >= 4 is 30.1 Å². The summed E-state index contributed by atoms with van der Waals surface area (Å²) in [7, 11) is 4.42. The largest absolute Gasteiger partial charge is 0.497 e. The van der Waals surface area contributed by atoms with Gasteiger partial charge in [-0.3, -0.25) is 9.67 Å². The number of nitrogens with zero attached hydrogens (tertiary/aromatic N) is 6. The fourth-order valence-corrected chi connectivity index (χ4v) is 3.51. The molecule has 1 aromatic carbocycles. The van der Waals surface area contributed by atoms with Crippen LogP contribution in [0.2, 0.25) is 0 Å². The van der Waals surface area contributed by atoms with E-state index >= 15 is 0 Å². The van der Waals surface area contributed by atoms with E-state index in [2.05, 4.69) is 26.8 Å². The van der Waals surface area contributed by atoms with Gasteiger partial charge in [-0.05, 0) is 24.4 Å². The highest BCUT2D eigenvalue weighted by Gasteiger charge is 2.31. The molecular formula is C24H26F4N6O3. The first-order valence-electron chi connectivity index (χ1n) is 11.0. The van der Waals surface area contributed by atoms with Gasteiger partial charge in [0.1, 0.15) is 22.6 Å². The summed E-state index contributed by atoms with van der Waals surface area (Å²) in [5.41, 5.74) is 0.963. The van der Waals surface area contributed by atoms with E-state index in [1.54, 1.807) is 24.1 Å². The van der Waals surface area contributed by atoms with Crippen LogP contribution >= 0.6 is 0 Å². The van der Waals surface area contributed by atoms with E-state index < -0.39 is 31.1 Å². The molecule has 0 amide bonds. The quantitative estimate of drug-likeness (QED) is 0.319. The molecule has 9 nitrogen and oxygen atoms in total. The number of alkyl halides is 3. The molecule has 1 atom stereocenters. The molecule has 0 radical (unpaired) electrons. The zero-order chi connectivity index (χ0) is 27.2. The van der Waals surface area contributed by atoms with Crippen LogP contribution in [0.4, 0.5) is 34.8 Å². The zero-order valence-corrected chi connectivity index (χ0v) is 20.4. The lowest BCUT2D eigenvalue weighted by atomic mass is 10.2. The van der Waals surface area contributed by atoms with E-state index in [-0.39, 0.29) is 34.2 Å². The summed E-state index contributed by atoms with van der Waals surface area (Å²) < 4.78 is 66.7. The number of hydrogen-bond donors (Lipinski definition) is 1. The van der Waals surface area contributed by atoms with Crippen LogP contribution in [-0.2, 0) is 20.0 Å². The maximum absolute atomic E-state index is 14.9. The molecule has 0 fully saturated rings. The minimum Gasteiger partial charge on any atom is -0.497 e. The lowest BCUT2D eigenvalue weighted by molar-refractivity contribution is -0.154. The van der Waals surface area contributed by atoms with Crippen molar-refractivity contribution in [2.45, 2.75) is 31.7 Å². The first kappa shape index (κ1) is 27.6. The van der Waals surface area contributed by atoms with Gasteiger partial charge in [0.05, 0.1) is 39.5 Å². The molecule has 198 valence electrons. The predicted octanol–water partition coefficient (Wildman–Crippen LogP) is 4.20. The second-order valence-corrected chi connectivity index (χ2v) is 7.95. The maximum atomic E-state index is 14.9. The summed E-state index contributed by atoms with van der Waals surface area (Å²) in [4.78, 5) is 12.6. The minimum atomic E-state index is -4.61. The van der Waals surface area contributed by atoms with Crippen molar-refractivity contribution in [2.75, 3.05) is 14.2 Å². The van der Waals surface area contributed by atoms with E-state index in [9.17, 15) is 22.7 Å². The molecule has 1 unspecified atom stereocenters. The Labute approximate surface area is 210 Å². The number of halogens is 4. The normalized spacial score (nSPS) is 13.2. The molecule has 37 heavy (non-hydrogen) atoms. The highest BCUT2D eigenvalue weighted by atomic mass is 19.4. The second-order valence-electron chi connectivity index (χ2n) is 7.95. The van der Waals surface area contributed by atoms with Gasteiger partial charge in [-0.15, -0.1) is 0 Å². The smallest absolute Gasteiger partial charge is 0.391 e. The molecule has 0 spiro atoms. The van der Waals surface area contributed by atoms with Crippen LogP contribution in [0, 0.1) is 5.82 Å². The molecule has 0 bridgehead atoms. The first-order valence-corrected chi connectivity index (χ1v) is 11.0. The highest BCUT2D eigenvalue weighted by Crippen LogP contribution is 2.33. The van der Waals surface area contributed by atoms with Crippen molar-refractivity contribution in [1.29, 1.82) is 0 Å². The van der Waals surface area contributed by atoms with Crippen LogP contribution in [0.3, 0.4) is 0 Å². The summed E-state index contributed by atoms with van der Waals surface area (Å²) >= 11 is 0. The Hall–Kier alpha value is -4.00. The summed E-state index contributed by atoms with van der Waals surface area (Å²) in [6.07, 6.45) is -2.41. The molecule has 1 N–H and O–H groups in total. The van der Waals surface area contributed by atoms with Gasteiger partial charge >= 0.3 is 6.18 Å². The number of methoxy groups -OCH3 is 2. The van der Waals surface area contributed by atoms with Crippen LogP contribution in [0.25, 0.3) is 0 Å². The van der Waals surface area contributed by atoms with Gasteiger partial charge in [-0.25, -0.2) is 14.4 Å². The Morgan fingerprint density at radius 1 is 1.19 bits per heavy atom. The van der Waals surface area contributed by atoms with Gasteiger partial charge in [0.25, 0.3) is 0 Å². The topological polar surface area (TPSA) is 98.5 Å².